The molecule has 0 saturated heterocycles. The number of nitrogens with zero attached hydrogens (tertiary/aromatic N) is 2. The van der Waals surface area contributed by atoms with Gasteiger partial charge in [-0.05, 0) is 74.2 Å². The lowest BCUT2D eigenvalue weighted by molar-refractivity contribution is 0.454. The Morgan fingerprint density at radius 2 is 1.06 bits per heavy atom. The third-order valence-electron chi connectivity index (χ3n) is 4.87. The zero-order valence-corrected chi connectivity index (χ0v) is 20.6. The second kappa shape index (κ2) is 10.4. The Balaban J connectivity index is 0.00000132. The number of hydrogen-bond acceptors (Lipinski definition) is 4. The zero-order chi connectivity index (χ0) is 22.4. The van der Waals surface area contributed by atoms with Crippen LogP contribution in [0.15, 0.2) is 58.5 Å². The van der Waals surface area contributed by atoms with Crippen LogP contribution < -0.4 is 7.58 Å². The van der Waals surface area contributed by atoms with E-state index >= 15 is 0 Å². The summed E-state index contributed by atoms with van der Waals surface area (Å²) in [5.74, 6) is 1.69. The predicted octanol–water partition coefficient (Wildman–Crippen LogP) is 6.49. The molecule has 1 aliphatic rings. The van der Waals surface area contributed by atoms with Crippen LogP contribution in [0, 0.1) is 27.7 Å². The van der Waals surface area contributed by atoms with Gasteiger partial charge < -0.3 is 7.58 Å². The smallest absolute Gasteiger partial charge is 0.614 e. The number of aliphatic imine (C=N–C) groups is 2. The molecular formula is C26H29AlN2O2. The van der Waals surface area contributed by atoms with Crippen molar-refractivity contribution in [1.82, 2.24) is 0 Å². The first-order chi connectivity index (χ1) is 15.0. The average Bonchev–Trinajstić information content (AvgIpc) is 2.76. The topological polar surface area (TPSA) is 43.2 Å². The summed E-state index contributed by atoms with van der Waals surface area (Å²) >= 11 is -1.30. The van der Waals surface area contributed by atoms with E-state index in [0.717, 1.165) is 45.1 Å². The predicted molar refractivity (Wildman–Crippen MR) is 133 cm³/mol. The van der Waals surface area contributed by atoms with Crippen LogP contribution in [0.4, 0.5) is 11.4 Å². The maximum atomic E-state index is 6.20. The van der Waals surface area contributed by atoms with Gasteiger partial charge in [-0.2, -0.15) is 0 Å². The minimum absolute atomic E-state index is 0.817. The summed E-state index contributed by atoms with van der Waals surface area (Å²) in [4.78, 5) is 9.44. The molecule has 0 saturated carbocycles. The van der Waals surface area contributed by atoms with Crippen molar-refractivity contribution in [3.8, 4) is 11.5 Å². The van der Waals surface area contributed by atoms with Gasteiger partial charge in [0.2, 0.25) is 0 Å². The first-order valence-corrected chi connectivity index (χ1v) is 11.8. The van der Waals surface area contributed by atoms with Crippen molar-refractivity contribution >= 4 is 39.7 Å². The van der Waals surface area contributed by atoms with Crippen molar-refractivity contribution in [3.05, 3.63) is 81.9 Å². The van der Waals surface area contributed by atoms with Crippen LogP contribution in [0.3, 0.4) is 0 Å². The average molecular weight is 429 g/mol. The fourth-order valence-electron chi connectivity index (χ4n) is 3.67. The Morgan fingerprint density at radius 1 is 0.645 bits per heavy atom. The van der Waals surface area contributed by atoms with Crippen LogP contribution in [0.25, 0.3) is 0 Å². The van der Waals surface area contributed by atoms with Crippen molar-refractivity contribution in [3.63, 3.8) is 0 Å². The van der Waals surface area contributed by atoms with Gasteiger partial charge in [-0.1, -0.05) is 38.1 Å². The molecule has 0 atom stereocenters. The van der Waals surface area contributed by atoms with Gasteiger partial charge in [0.25, 0.3) is 0 Å². The molecular weight excluding hydrogens is 399 g/mol. The Hall–Kier alpha value is -2.87. The Labute approximate surface area is 192 Å². The molecule has 3 aromatic rings. The zero-order valence-electron chi connectivity index (χ0n) is 19.2. The van der Waals surface area contributed by atoms with Gasteiger partial charge in [0.1, 0.15) is 0 Å². The summed E-state index contributed by atoms with van der Waals surface area (Å²) in [5.41, 5.74) is 8.06. The van der Waals surface area contributed by atoms with E-state index < -0.39 is 15.9 Å². The lowest BCUT2D eigenvalue weighted by Crippen LogP contribution is -2.15. The van der Waals surface area contributed by atoms with Crippen molar-refractivity contribution < 1.29 is 7.58 Å². The second-order valence-electron chi connectivity index (χ2n) is 7.41. The fourth-order valence-corrected chi connectivity index (χ4v) is 4.75. The minimum atomic E-state index is -1.30. The second-order valence-corrected chi connectivity index (χ2v) is 8.23. The molecule has 0 N–H and O–H groups in total. The van der Waals surface area contributed by atoms with Crippen molar-refractivity contribution in [2.45, 2.75) is 41.5 Å². The highest BCUT2D eigenvalue weighted by Crippen LogP contribution is 2.31. The summed E-state index contributed by atoms with van der Waals surface area (Å²) < 4.78 is 12.4. The quantitative estimate of drug-likeness (QED) is 0.384. The molecule has 1 heterocycles. The molecule has 0 spiro atoms. The van der Waals surface area contributed by atoms with Crippen molar-refractivity contribution in [2.75, 3.05) is 0 Å². The molecule has 5 heteroatoms. The van der Waals surface area contributed by atoms with E-state index in [-0.39, 0.29) is 0 Å². The van der Waals surface area contributed by atoms with Crippen LogP contribution in [0.5, 0.6) is 11.5 Å². The van der Waals surface area contributed by atoms with E-state index in [4.69, 9.17) is 17.6 Å². The highest BCUT2D eigenvalue weighted by atomic mass is 27.2. The number of hydrogen-bond donors (Lipinski definition) is 0. The Kier molecular flexibility index (Phi) is 7.68. The number of benzene rings is 3. The molecule has 3 aromatic carbocycles. The first kappa shape index (κ1) is 22.8. The molecule has 158 valence electrons. The standard InChI is InChI=1S/C24H24N2O2.C2H6.Al.H/c1-15-9-17(3)23(27)19(11-15)13-25-21-7-5-6-8-22(21)26-14-20-12-16(2)10-18(4)24(20)28;1-2;;/h5-14,27-28H,1-4H3;1-2H3;;/q;;+2;/p-2. The van der Waals surface area contributed by atoms with Gasteiger partial charge in [-0.15, -0.1) is 0 Å². The highest BCUT2D eigenvalue weighted by Gasteiger charge is 2.15. The minimum Gasteiger partial charge on any atom is -0.614 e. The van der Waals surface area contributed by atoms with Crippen LogP contribution in [0.1, 0.15) is 47.2 Å². The van der Waals surface area contributed by atoms with Gasteiger partial charge in [0.05, 0.1) is 22.9 Å². The molecule has 31 heavy (non-hydrogen) atoms. The SMILES string of the molecule is CC.Cc1cc(C)c2c(c1)C=Nc1ccccc1N=Cc1cc(C)cc(C)c1[O][AlH][O]2. The van der Waals surface area contributed by atoms with E-state index in [2.05, 4.69) is 52.0 Å². The van der Waals surface area contributed by atoms with E-state index in [0.29, 0.717) is 0 Å². The van der Waals surface area contributed by atoms with E-state index in [1.807, 2.05) is 50.5 Å². The highest BCUT2D eigenvalue weighted by molar-refractivity contribution is 6.21. The van der Waals surface area contributed by atoms with Gasteiger partial charge in [-0.25, -0.2) is 0 Å². The van der Waals surface area contributed by atoms with Crippen LogP contribution in [-0.2, 0) is 0 Å². The lowest BCUT2D eigenvalue weighted by atomic mass is 10.1. The van der Waals surface area contributed by atoms with Crippen LogP contribution >= 0.6 is 0 Å². The van der Waals surface area contributed by atoms with Crippen LogP contribution in [-0.4, -0.2) is 28.3 Å². The molecule has 4 nitrogen and oxygen atoms in total. The molecule has 0 bridgehead atoms. The summed E-state index contributed by atoms with van der Waals surface area (Å²) in [6, 6.07) is 16.3. The third kappa shape index (κ3) is 5.44. The summed E-state index contributed by atoms with van der Waals surface area (Å²) in [6.07, 6.45) is 3.72. The first-order valence-electron chi connectivity index (χ1n) is 10.7. The molecule has 0 amide bonds. The number of fused-ring (bicyclic) bond motifs is 3. The van der Waals surface area contributed by atoms with Gasteiger partial charge in [-0.3, -0.25) is 9.98 Å². The summed E-state index contributed by atoms with van der Waals surface area (Å²) in [7, 11) is 0. The van der Waals surface area contributed by atoms with Gasteiger partial charge in [0.15, 0.2) is 0 Å². The number of aryl methyl sites for hydroxylation is 4. The Bertz CT molecular complexity index is 1050. The molecule has 1 aliphatic heterocycles. The molecule has 0 aromatic heterocycles. The largest absolute Gasteiger partial charge is 0.832 e. The van der Waals surface area contributed by atoms with Crippen LogP contribution in [0.2, 0.25) is 0 Å². The molecule has 0 fully saturated rings. The summed E-state index contributed by atoms with van der Waals surface area (Å²) in [6.45, 7) is 12.3. The van der Waals surface area contributed by atoms with Gasteiger partial charge in [0, 0.05) is 23.6 Å². The maximum Gasteiger partial charge on any atom is 0.832 e. The molecule has 4 rings (SSSR count). The number of rotatable bonds is 0. The molecule has 0 unspecified atom stereocenters. The van der Waals surface area contributed by atoms with Crippen molar-refractivity contribution in [2.24, 2.45) is 9.98 Å². The fraction of sp³-hybridized carbons (Fsp3) is 0.231. The third-order valence-corrected chi connectivity index (χ3v) is 5.68. The Morgan fingerprint density at radius 3 is 1.48 bits per heavy atom. The normalized spacial score (nSPS) is 12.1. The van der Waals surface area contributed by atoms with E-state index in [9.17, 15) is 0 Å². The summed E-state index contributed by atoms with van der Waals surface area (Å²) in [5, 5.41) is 0. The lowest BCUT2D eigenvalue weighted by Gasteiger charge is -2.17. The molecule has 0 radical (unpaired) electrons. The van der Waals surface area contributed by atoms with Crippen molar-refractivity contribution in [1.29, 1.82) is 0 Å². The maximum absolute atomic E-state index is 6.20. The van der Waals surface area contributed by atoms with E-state index in [1.165, 1.54) is 11.1 Å². The molecule has 0 aliphatic carbocycles. The van der Waals surface area contributed by atoms with E-state index in [1.54, 1.807) is 0 Å². The number of para-hydroxylation sites is 2. The monoisotopic (exact) mass is 428 g/mol. The van der Waals surface area contributed by atoms with Gasteiger partial charge >= 0.3 is 15.9 Å².